The lowest BCUT2D eigenvalue weighted by molar-refractivity contribution is -0.122. The fourth-order valence-corrected chi connectivity index (χ4v) is 2.26. The van der Waals surface area contributed by atoms with Gasteiger partial charge in [-0.15, -0.1) is 0 Å². The van der Waals surface area contributed by atoms with Crippen LogP contribution >= 0.6 is 0 Å². The third-order valence-corrected chi connectivity index (χ3v) is 3.35. The first-order valence-electron chi connectivity index (χ1n) is 7.39. The van der Waals surface area contributed by atoms with Crippen molar-refractivity contribution >= 4 is 17.5 Å². The second-order valence-corrected chi connectivity index (χ2v) is 4.86. The van der Waals surface area contributed by atoms with Gasteiger partial charge in [0, 0.05) is 32.3 Å². The zero-order valence-corrected chi connectivity index (χ0v) is 12.8. The van der Waals surface area contributed by atoms with Crippen molar-refractivity contribution < 1.29 is 9.53 Å². The van der Waals surface area contributed by atoms with E-state index in [1.54, 1.807) is 0 Å². The molecule has 2 N–H and O–H groups in total. The molecule has 116 valence electrons. The number of carbonyl (C=O) groups excluding carboxylic acids is 1. The van der Waals surface area contributed by atoms with Crippen LogP contribution in [0.4, 0.5) is 11.6 Å². The van der Waals surface area contributed by atoms with Crippen molar-refractivity contribution in [3.8, 4) is 0 Å². The fraction of sp³-hybridized carbons (Fsp3) is 0.643. The smallest absolute Gasteiger partial charge is 0.242 e. The number of ether oxygens (including phenoxy) is 1. The number of rotatable bonds is 6. The number of anilines is 2. The summed E-state index contributed by atoms with van der Waals surface area (Å²) in [6.45, 7) is 8.97. The predicted molar refractivity (Wildman–Crippen MR) is 81.3 cm³/mol. The molecule has 0 saturated carbocycles. The summed E-state index contributed by atoms with van der Waals surface area (Å²) in [6, 6.07) is 1.65. The highest BCUT2D eigenvalue weighted by Gasteiger charge is 2.27. The maximum absolute atomic E-state index is 11.8. The van der Waals surface area contributed by atoms with Crippen LogP contribution in [0.1, 0.15) is 26.6 Å². The van der Waals surface area contributed by atoms with Crippen molar-refractivity contribution in [3.05, 3.63) is 11.9 Å². The van der Waals surface area contributed by atoms with Gasteiger partial charge in [-0.3, -0.25) is 4.79 Å². The summed E-state index contributed by atoms with van der Waals surface area (Å²) in [5, 5.41) is 6.05. The number of amides is 1. The molecule has 7 nitrogen and oxygen atoms in total. The van der Waals surface area contributed by atoms with Crippen LogP contribution in [0.3, 0.4) is 0 Å². The number of aromatic nitrogens is 2. The molecule has 0 aromatic carbocycles. The molecular formula is C14H23N5O2. The van der Waals surface area contributed by atoms with Crippen molar-refractivity contribution in [2.45, 2.75) is 33.4 Å². The second kappa shape index (κ2) is 7.21. The lowest BCUT2D eigenvalue weighted by atomic mass is 10.2. The van der Waals surface area contributed by atoms with E-state index in [2.05, 4.69) is 20.6 Å². The molecule has 1 aromatic rings. The molecular weight excluding hydrogens is 270 g/mol. The van der Waals surface area contributed by atoms with Gasteiger partial charge in [0.1, 0.15) is 24.3 Å². The molecule has 1 aliphatic rings. The monoisotopic (exact) mass is 293 g/mol. The first kappa shape index (κ1) is 15.5. The van der Waals surface area contributed by atoms with Crippen LogP contribution in [0.2, 0.25) is 0 Å². The molecule has 1 unspecified atom stereocenters. The molecule has 0 spiro atoms. The fourth-order valence-electron chi connectivity index (χ4n) is 2.26. The Labute approximate surface area is 125 Å². The average Bonchev–Trinajstić information content (AvgIpc) is 2.48. The maximum Gasteiger partial charge on any atom is 0.242 e. The van der Waals surface area contributed by atoms with Crippen LogP contribution in [0.25, 0.3) is 0 Å². The molecule has 0 radical (unpaired) electrons. The summed E-state index contributed by atoms with van der Waals surface area (Å²) < 4.78 is 5.39. The van der Waals surface area contributed by atoms with E-state index in [1.165, 1.54) is 0 Å². The first-order valence-corrected chi connectivity index (χ1v) is 7.39. The van der Waals surface area contributed by atoms with E-state index in [9.17, 15) is 4.79 Å². The zero-order chi connectivity index (χ0) is 15.2. The summed E-state index contributed by atoms with van der Waals surface area (Å²) >= 11 is 0. The van der Waals surface area contributed by atoms with Gasteiger partial charge < -0.3 is 20.3 Å². The Morgan fingerprint density at radius 1 is 1.48 bits per heavy atom. The molecule has 1 saturated heterocycles. The Morgan fingerprint density at radius 2 is 2.29 bits per heavy atom. The third-order valence-electron chi connectivity index (χ3n) is 3.35. The lowest BCUT2D eigenvalue weighted by Gasteiger charge is -2.34. The molecule has 1 amide bonds. The molecule has 1 atom stereocenters. The van der Waals surface area contributed by atoms with Gasteiger partial charge >= 0.3 is 0 Å². The number of piperazine rings is 1. The van der Waals surface area contributed by atoms with E-state index in [4.69, 9.17) is 4.74 Å². The summed E-state index contributed by atoms with van der Waals surface area (Å²) in [7, 11) is 0. The topological polar surface area (TPSA) is 79.4 Å². The Bertz CT molecular complexity index is 494. The SMILES string of the molecule is CCNc1cc(N2CCNC(=O)C2C)nc(COCC)n1. The Kier molecular flexibility index (Phi) is 5.32. The van der Waals surface area contributed by atoms with Crippen molar-refractivity contribution in [2.75, 3.05) is 36.5 Å². The van der Waals surface area contributed by atoms with Gasteiger partial charge in [0.05, 0.1) is 0 Å². The van der Waals surface area contributed by atoms with Gasteiger partial charge in [0.15, 0.2) is 5.82 Å². The van der Waals surface area contributed by atoms with Crippen molar-refractivity contribution in [3.63, 3.8) is 0 Å². The van der Waals surface area contributed by atoms with Gasteiger partial charge in [-0.2, -0.15) is 0 Å². The molecule has 2 rings (SSSR count). The quantitative estimate of drug-likeness (QED) is 0.806. The largest absolute Gasteiger partial charge is 0.374 e. The van der Waals surface area contributed by atoms with Gasteiger partial charge in [0.25, 0.3) is 0 Å². The Balaban J connectivity index is 2.27. The molecule has 1 aromatic heterocycles. The molecule has 2 heterocycles. The highest BCUT2D eigenvalue weighted by molar-refractivity contribution is 5.85. The summed E-state index contributed by atoms with van der Waals surface area (Å²) in [5.41, 5.74) is 0. The van der Waals surface area contributed by atoms with E-state index in [0.29, 0.717) is 25.6 Å². The van der Waals surface area contributed by atoms with Gasteiger partial charge in [-0.25, -0.2) is 9.97 Å². The second-order valence-electron chi connectivity index (χ2n) is 4.86. The van der Waals surface area contributed by atoms with Crippen molar-refractivity contribution in [2.24, 2.45) is 0 Å². The lowest BCUT2D eigenvalue weighted by Crippen LogP contribution is -2.54. The molecule has 0 aliphatic carbocycles. The van der Waals surface area contributed by atoms with Crippen LogP contribution in [-0.2, 0) is 16.1 Å². The number of nitrogens with one attached hydrogen (secondary N) is 2. The number of nitrogens with zero attached hydrogens (tertiary/aromatic N) is 3. The zero-order valence-electron chi connectivity index (χ0n) is 12.8. The van der Waals surface area contributed by atoms with Crippen molar-refractivity contribution in [1.82, 2.24) is 15.3 Å². The van der Waals surface area contributed by atoms with E-state index in [-0.39, 0.29) is 11.9 Å². The summed E-state index contributed by atoms with van der Waals surface area (Å²) in [4.78, 5) is 22.8. The predicted octanol–water partition coefficient (Wildman–Crippen LogP) is 0.770. The molecule has 1 fully saturated rings. The molecule has 21 heavy (non-hydrogen) atoms. The minimum Gasteiger partial charge on any atom is -0.374 e. The minimum atomic E-state index is -0.233. The number of hydrogen-bond donors (Lipinski definition) is 2. The standard InChI is InChI=1S/C14H23N5O2/c1-4-15-11-8-13(18-12(17-11)9-21-5-2)19-7-6-16-14(20)10(19)3/h8,10H,4-7,9H2,1-3H3,(H,16,20)(H,15,17,18). The van der Waals surface area contributed by atoms with Crippen LogP contribution in [0.5, 0.6) is 0 Å². The normalized spacial score (nSPS) is 18.5. The Hall–Kier alpha value is -1.89. The first-order chi connectivity index (χ1) is 10.2. The average molecular weight is 293 g/mol. The van der Waals surface area contributed by atoms with Gasteiger partial charge in [-0.05, 0) is 20.8 Å². The van der Waals surface area contributed by atoms with E-state index in [1.807, 2.05) is 31.7 Å². The number of carbonyl (C=O) groups is 1. The van der Waals surface area contributed by atoms with Crippen LogP contribution < -0.4 is 15.5 Å². The van der Waals surface area contributed by atoms with Crippen LogP contribution in [0.15, 0.2) is 6.07 Å². The highest BCUT2D eigenvalue weighted by atomic mass is 16.5. The molecule has 0 bridgehead atoms. The van der Waals surface area contributed by atoms with Crippen LogP contribution in [-0.4, -0.2) is 48.2 Å². The van der Waals surface area contributed by atoms with Crippen LogP contribution in [0, 0.1) is 0 Å². The number of hydrogen-bond acceptors (Lipinski definition) is 6. The van der Waals surface area contributed by atoms with Gasteiger partial charge in [0.2, 0.25) is 5.91 Å². The van der Waals surface area contributed by atoms with Gasteiger partial charge in [-0.1, -0.05) is 0 Å². The molecule has 7 heteroatoms. The summed E-state index contributed by atoms with van der Waals surface area (Å²) in [6.07, 6.45) is 0. The van der Waals surface area contributed by atoms with Crippen molar-refractivity contribution in [1.29, 1.82) is 0 Å². The third kappa shape index (κ3) is 3.81. The van der Waals surface area contributed by atoms with E-state index >= 15 is 0 Å². The van der Waals surface area contributed by atoms with E-state index in [0.717, 1.165) is 24.7 Å². The highest BCUT2D eigenvalue weighted by Crippen LogP contribution is 2.20. The summed E-state index contributed by atoms with van der Waals surface area (Å²) in [5.74, 6) is 2.17. The minimum absolute atomic E-state index is 0.0243. The van der Waals surface area contributed by atoms with E-state index < -0.39 is 0 Å². The maximum atomic E-state index is 11.8. The molecule has 1 aliphatic heterocycles. The Morgan fingerprint density at radius 3 is 3.00 bits per heavy atom.